The molecule has 19 heavy (non-hydrogen) atoms. The molecule has 5 heteroatoms. The van der Waals surface area contributed by atoms with Gasteiger partial charge in [0.15, 0.2) is 0 Å². The smallest absolute Gasteiger partial charge is 0.409 e. The van der Waals surface area contributed by atoms with Crippen LogP contribution < -0.4 is 5.32 Å². The van der Waals surface area contributed by atoms with Crippen LogP contribution in [0, 0.1) is 3.57 Å². The normalized spacial score (nSPS) is 24.4. The van der Waals surface area contributed by atoms with Crippen LogP contribution in [0.5, 0.6) is 0 Å². The summed E-state index contributed by atoms with van der Waals surface area (Å²) in [4.78, 5) is 13.7. The highest BCUT2D eigenvalue weighted by Gasteiger charge is 2.39. The van der Waals surface area contributed by atoms with E-state index in [4.69, 9.17) is 4.74 Å². The number of piperidine rings is 1. The van der Waals surface area contributed by atoms with Crippen molar-refractivity contribution in [1.29, 1.82) is 0 Å². The first kappa shape index (κ1) is 13.0. The lowest BCUT2D eigenvalue weighted by Crippen LogP contribution is -2.45. The van der Waals surface area contributed by atoms with Gasteiger partial charge in [0.2, 0.25) is 0 Å². The number of halogens is 1. The SMILES string of the molecule is CCOC(=O)N1CC[C@@H]2Nc3c(I)cccc3[C@@H]2C1. The van der Waals surface area contributed by atoms with Crippen LogP contribution in [0.1, 0.15) is 24.8 Å². The molecular weight excluding hydrogens is 355 g/mol. The van der Waals surface area contributed by atoms with Gasteiger partial charge in [0, 0.05) is 28.6 Å². The number of anilines is 1. The minimum atomic E-state index is -0.181. The van der Waals surface area contributed by atoms with Gasteiger partial charge in [0.05, 0.1) is 12.3 Å². The number of carbonyl (C=O) groups is 1. The molecule has 0 radical (unpaired) electrons. The lowest BCUT2D eigenvalue weighted by atomic mass is 9.89. The molecule has 0 aromatic heterocycles. The number of benzene rings is 1. The van der Waals surface area contributed by atoms with Crippen LogP contribution in [0.3, 0.4) is 0 Å². The Balaban J connectivity index is 1.81. The quantitative estimate of drug-likeness (QED) is 0.771. The highest BCUT2D eigenvalue weighted by molar-refractivity contribution is 14.1. The summed E-state index contributed by atoms with van der Waals surface area (Å²) < 4.78 is 6.36. The topological polar surface area (TPSA) is 41.6 Å². The molecule has 1 fully saturated rings. The number of para-hydroxylation sites is 1. The fourth-order valence-electron chi connectivity index (χ4n) is 3.01. The standard InChI is InChI=1S/C14H17IN2O2/c1-2-19-14(18)17-7-6-12-10(8-17)9-4-3-5-11(15)13(9)16-12/h3-5,10,12,16H,2,6-8H2,1H3/t10-,12-/m0/s1. The molecular formula is C14H17IN2O2. The van der Waals surface area contributed by atoms with Crippen LogP contribution in [-0.2, 0) is 4.74 Å². The maximum atomic E-state index is 11.8. The molecule has 2 atom stereocenters. The first-order valence-electron chi connectivity index (χ1n) is 6.67. The Morgan fingerprint density at radius 2 is 2.42 bits per heavy atom. The summed E-state index contributed by atoms with van der Waals surface area (Å²) in [6.07, 6.45) is 0.800. The van der Waals surface area contributed by atoms with Gasteiger partial charge in [-0.2, -0.15) is 0 Å². The molecule has 1 amide bonds. The monoisotopic (exact) mass is 372 g/mol. The molecule has 1 aromatic rings. The highest BCUT2D eigenvalue weighted by Crippen LogP contribution is 2.42. The molecule has 1 saturated heterocycles. The molecule has 2 aliphatic heterocycles. The Kier molecular flexibility index (Phi) is 3.56. The maximum Gasteiger partial charge on any atom is 0.409 e. The van der Waals surface area contributed by atoms with Gasteiger partial charge < -0.3 is 15.0 Å². The predicted octanol–water partition coefficient (Wildman–Crippen LogP) is 3.03. The third-order valence-electron chi connectivity index (χ3n) is 3.91. The molecule has 1 N–H and O–H groups in total. The third-order valence-corrected chi connectivity index (χ3v) is 4.81. The minimum absolute atomic E-state index is 0.181. The Hall–Kier alpha value is -0.980. The molecule has 0 bridgehead atoms. The van der Waals surface area contributed by atoms with Crippen LogP contribution in [0.25, 0.3) is 0 Å². The average Bonchev–Trinajstić information content (AvgIpc) is 2.78. The number of nitrogens with zero attached hydrogens (tertiary/aromatic N) is 1. The predicted molar refractivity (Wildman–Crippen MR) is 82.5 cm³/mol. The third kappa shape index (κ3) is 2.28. The van der Waals surface area contributed by atoms with Gasteiger partial charge in [-0.05, 0) is 47.6 Å². The zero-order valence-corrected chi connectivity index (χ0v) is 13.0. The largest absolute Gasteiger partial charge is 0.450 e. The molecule has 102 valence electrons. The van der Waals surface area contributed by atoms with Crippen molar-refractivity contribution in [3.05, 3.63) is 27.3 Å². The van der Waals surface area contributed by atoms with Gasteiger partial charge >= 0.3 is 6.09 Å². The average molecular weight is 372 g/mol. The number of hydrogen-bond acceptors (Lipinski definition) is 3. The van der Waals surface area contributed by atoms with Crippen LogP contribution in [0.4, 0.5) is 10.5 Å². The summed E-state index contributed by atoms with van der Waals surface area (Å²) in [6, 6.07) is 6.83. The highest BCUT2D eigenvalue weighted by atomic mass is 127. The van der Waals surface area contributed by atoms with Crippen molar-refractivity contribution in [2.24, 2.45) is 0 Å². The molecule has 0 spiro atoms. The van der Waals surface area contributed by atoms with Gasteiger partial charge in [0.25, 0.3) is 0 Å². The zero-order chi connectivity index (χ0) is 13.4. The minimum Gasteiger partial charge on any atom is -0.450 e. The van der Waals surface area contributed by atoms with Crippen molar-refractivity contribution in [3.8, 4) is 0 Å². The second-order valence-corrected chi connectivity index (χ2v) is 6.16. The van der Waals surface area contributed by atoms with Gasteiger partial charge in [-0.25, -0.2) is 4.79 Å². The fraction of sp³-hybridized carbons (Fsp3) is 0.500. The van der Waals surface area contributed by atoms with Crippen LogP contribution >= 0.6 is 22.6 Å². The van der Waals surface area contributed by atoms with Gasteiger partial charge in [-0.15, -0.1) is 0 Å². The summed E-state index contributed by atoms with van der Waals surface area (Å²) >= 11 is 2.36. The number of fused-ring (bicyclic) bond motifs is 3. The Bertz CT molecular complexity index is 506. The van der Waals surface area contributed by atoms with Gasteiger partial charge in [-0.1, -0.05) is 12.1 Å². The van der Waals surface area contributed by atoms with Crippen molar-refractivity contribution in [3.63, 3.8) is 0 Å². The Morgan fingerprint density at radius 3 is 3.21 bits per heavy atom. The van der Waals surface area contributed by atoms with E-state index in [1.807, 2.05) is 11.8 Å². The van der Waals surface area contributed by atoms with E-state index in [2.05, 4.69) is 46.1 Å². The number of likely N-dealkylation sites (tertiary alicyclic amines) is 1. The summed E-state index contributed by atoms with van der Waals surface area (Å²) in [5, 5.41) is 3.61. The molecule has 2 heterocycles. The molecule has 4 nitrogen and oxygen atoms in total. The van der Waals surface area contributed by atoms with E-state index in [9.17, 15) is 4.79 Å². The van der Waals surface area contributed by atoms with E-state index in [1.165, 1.54) is 14.8 Å². The number of rotatable bonds is 1. The lowest BCUT2D eigenvalue weighted by Gasteiger charge is -2.34. The van der Waals surface area contributed by atoms with Crippen molar-refractivity contribution in [2.75, 3.05) is 25.0 Å². The summed E-state index contributed by atoms with van der Waals surface area (Å²) in [5.74, 6) is 0.392. The summed E-state index contributed by atoms with van der Waals surface area (Å²) in [5.41, 5.74) is 2.59. The van der Waals surface area contributed by atoms with Crippen LogP contribution in [0.2, 0.25) is 0 Å². The van der Waals surface area contributed by atoms with E-state index in [0.717, 1.165) is 19.5 Å². The van der Waals surface area contributed by atoms with E-state index >= 15 is 0 Å². The molecule has 3 rings (SSSR count). The van der Waals surface area contributed by atoms with Crippen molar-refractivity contribution in [1.82, 2.24) is 4.90 Å². The number of nitrogens with one attached hydrogen (secondary N) is 1. The van der Waals surface area contributed by atoms with Gasteiger partial charge in [-0.3, -0.25) is 0 Å². The number of amides is 1. The molecule has 0 aliphatic carbocycles. The van der Waals surface area contributed by atoms with E-state index in [1.54, 1.807) is 0 Å². The fourth-order valence-corrected chi connectivity index (χ4v) is 3.68. The van der Waals surface area contributed by atoms with E-state index < -0.39 is 0 Å². The van der Waals surface area contributed by atoms with Crippen LogP contribution in [0.15, 0.2) is 18.2 Å². The van der Waals surface area contributed by atoms with Crippen molar-refractivity contribution >= 4 is 34.4 Å². The Labute approximate surface area is 126 Å². The molecule has 0 saturated carbocycles. The number of carbonyl (C=O) groups excluding carboxylic acids is 1. The first-order chi connectivity index (χ1) is 9.20. The van der Waals surface area contributed by atoms with Gasteiger partial charge in [0.1, 0.15) is 0 Å². The lowest BCUT2D eigenvalue weighted by molar-refractivity contribution is 0.0949. The Morgan fingerprint density at radius 1 is 1.58 bits per heavy atom. The summed E-state index contributed by atoms with van der Waals surface area (Å²) in [7, 11) is 0. The first-order valence-corrected chi connectivity index (χ1v) is 7.75. The van der Waals surface area contributed by atoms with Crippen molar-refractivity contribution < 1.29 is 9.53 Å². The van der Waals surface area contributed by atoms with E-state index in [-0.39, 0.29) is 6.09 Å². The van der Waals surface area contributed by atoms with Crippen molar-refractivity contribution in [2.45, 2.75) is 25.3 Å². The number of ether oxygens (including phenoxy) is 1. The molecule has 0 unspecified atom stereocenters. The van der Waals surface area contributed by atoms with E-state index in [0.29, 0.717) is 18.6 Å². The summed E-state index contributed by atoms with van der Waals surface area (Å²) in [6.45, 7) is 3.82. The number of hydrogen-bond donors (Lipinski definition) is 1. The second-order valence-electron chi connectivity index (χ2n) is 4.99. The zero-order valence-electron chi connectivity index (χ0n) is 10.9. The molecule has 2 aliphatic rings. The molecule has 1 aromatic carbocycles. The van der Waals surface area contributed by atoms with Crippen LogP contribution in [-0.4, -0.2) is 36.7 Å². The maximum absolute atomic E-state index is 11.8. The second kappa shape index (κ2) is 5.19.